The van der Waals surface area contributed by atoms with Crippen LogP contribution in [-0.2, 0) is 4.79 Å². The van der Waals surface area contributed by atoms with E-state index in [9.17, 15) is 9.59 Å². The number of benzene rings is 1. The van der Waals surface area contributed by atoms with Gasteiger partial charge in [0.2, 0.25) is 17.7 Å². The van der Waals surface area contributed by atoms with Crippen LogP contribution < -0.4 is 15.4 Å². The van der Waals surface area contributed by atoms with Crippen molar-refractivity contribution in [3.8, 4) is 5.88 Å². The minimum absolute atomic E-state index is 0.0285. The summed E-state index contributed by atoms with van der Waals surface area (Å²) in [5.41, 5.74) is 1.17. The summed E-state index contributed by atoms with van der Waals surface area (Å²) in [6.45, 7) is 6.87. The summed E-state index contributed by atoms with van der Waals surface area (Å²) in [6, 6.07) is 6.80. The smallest absolute Gasteiger partial charge is 0.253 e. The van der Waals surface area contributed by atoms with E-state index < -0.39 is 0 Å². The van der Waals surface area contributed by atoms with Crippen molar-refractivity contribution in [1.29, 1.82) is 0 Å². The van der Waals surface area contributed by atoms with Crippen LogP contribution in [0.15, 0.2) is 43.1 Å². The van der Waals surface area contributed by atoms with E-state index in [-0.39, 0.29) is 17.9 Å². The predicted molar refractivity (Wildman–Crippen MR) is 111 cm³/mol. The van der Waals surface area contributed by atoms with Gasteiger partial charge in [-0.2, -0.15) is 4.98 Å². The third-order valence-electron chi connectivity index (χ3n) is 4.39. The zero-order valence-corrected chi connectivity index (χ0v) is 16.8. The molecule has 8 nitrogen and oxygen atoms in total. The van der Waals surface area contributed by atoms with Gasteiger partial charge in [0.1, 0.15) is 5.02 Å². The van der Waals surface area contributed by atoms with E-state index in [4.69, 9.17) is 16.3 Å². The first-order chi connectivity index (χ1) is 14.0. The van der Waals surface area contributed by atoms with E-state index in [0.717, 1.165) is 6.42 Å². The second-order valence-electron chi connectivity index (χ2n) is 6.43. The number of aromatic nitrogens is 2. The second kappa shape index (κ2) is 9.38. The van der Waals surface area contributed by atoms with Gasteiger partial charge in [0.25, 0.3) is 5.91 Å². The Kier molecular flexibility index (Phi) is 6.66. The van der Waals surface area contributed by atoms with Gasteiger partial charge in [0.15, 0.2) is 0 Å². The molecule has 0 aliphatic carbocycles. The Morgan fingerprint density at radius 2 is 2.14 bits per heavy atom. The van der Waals surface area contributed by atoms with Crippen LogP contribution in [0.1, 0.15) is 23.7 Å². The first-order valence-electron chi connectivity index (χ1n) is 9.24. The van der Waals surface area contributed by atoms with Crippen LogP contribution in [0.4, 0.5) is 11.6 Å². The molecule has 0 spiro atoms. The van der Waals surface area contributed by atoms with Crippen molar-refractivity contribution in [2.24, 2.45) is 0 Å². The molecule has 1 aliphatic rings. The van der Waals surface area contributed by atoms with Crippen molar-refractivity contribution in [2.45, 2.75) is 19.4 Å². The number of rotatable bonds is 7. The van der Waals surface area contributed by atoms with Crippen molar-refractivity contribution in [3.05, 3.63) is 53.7 Å². The van der Waals surface area contributed by atoms with Crippen molar-refractivity contribution in [1.82, 2.24) is 14.9 Å². The molecular weight excluding hydrogens is 394 g/mol. The average molecular weight is 416 g/mol. The maximum absolute atomic E-state index is 12.7. The second-order valence-corrected chi connectivity index (χ2v) is 6.84. The highest BCUT2D eigenvalue weighted by molar-refractivity contribution is 6.31. The number of amides is 2. The molecule has 0 radical (unpaired) electrons. The summed E-state index contributed by atoms with van der Waals surface area (Å²) < 4.78 is 5.38. The Bertz CT molecular complexity index is 903. The predicted octanol–water partition coefficient (Wildman–Crippen LogP) is 2.98. The maximum Gasteiger partial charge on any atom is 0.253 e. The summed E-state index contributed by atoms with van der Waals surface area (Å²) in [7, 11) is 0. The molecule has 9 heteroatoms. The Labute approximate surface area is 173 Å². The first-order valence-corrected chi connectivity index (χ1v) is 9.62. The molecule has 0 bridgehead atoms. The molecule has 2 amide bonds. The molecule has 2 aromatic rings. The van der Waals surface area contributed by atoms with Crippen molar-refractivity contribution < 1.29 is 14.3 Å². The van der Waals surface area contributed by atoms with Crippen LogP contribution in [-0.4, -0.2) is 52.4 Å². The van der Waals surface area contributed by atoms with Gasteiger partial charge >= 0.3 is 0 Å². The number of hydrogen-bond acceptors (Lipinski definition) is 6. The number of nitrogens with one attached hydrogen (secondary N) is 2. The van der Waals surface area contributed by atoms with Crippen LogP contribution in [0.2, 0.25) is 5.02 Å². The lowest BCUT2D eigenvalue weighted by Gasteiger charge is -2.17. The Morgan fingerprint density at radius 1 is 1.38 bits per heavy atom. The normalized spacial score (nSPS) is 15.7. The van der Waals surface area contributed by atoms with E-state index in [1.165, 1.54) is 12.3 Å². The first kappa shape index (κ1) is 20.6. The van der Waals surface area contributed by atoms with E-state index in [1.54, 1.807) is 29.2 Å². The minimum Gasteiger partial charge on any atom is -0.477 e. The van der Waals surface area contributed by atoms with Crippen LogP contribution in [0, 0.1) is 0 Å². The topological polar surface area (TPSA) is 96.5 Å². The average Bonchev–Trinajstić information content (AvgIpc) is 3.19. The van der Waals surface area contributed by atoms with E-state index in [2.05, 4.69) is 27.2 Å². The highest BCUT2D eigenvalue weighted by Crippen LogP contribution is 2.23. The van der Waals surface area contributed by atoms with E-state index in [0.29, 0.717) is 47.8 Å². The molecule has 2 heterocycles. The van der Waals surface area contributed by atoms with E-state index >= 15 is 0 Å². The highest BCUT2D eigenvalue weighted by Gasteiger charge is 2.27. The fraction of sp³-hybridized carbons (Fsp3) is 0.300. The standard InChI is InChI=1S/C20H22ClN5O3/c1-3-17(27)23-14-7-5-13(6-8-14)19(28)26-10-9-15(12-26)24-20-22-11-16(21)18(25-20)29-4-2/h3,5-8,11,15H,1,4,9-10,12H2,2H3,(H,23,27)(H,22,24,25)/t15-/m0/s1. The fourth-order valence-corrected chi connectivity index (χ4v) is 3.12. The van der Waals surface area contributed by atoms with Crippen LogP contribution in [0.5, 0.6) is 5.88 Å². The zero-order valence-electron chi connectivity index (χ0n) is 16.0. The maximum atomic E-state index is 12.7. The molecular formula is C20H22ClN5O3. The largest absolute Gasteiger partial charge is 0.477 e. The summed E-state index contributed by atoms with van der Waals surface area (Å²) in [5.74, 6) is 0.387. The summed E-state index contributed by atoms with van der Waals surface area (Å²) in [5, 5.41) is 6.24. The number of carbonyl (C=O) groups excluding carboxylic acids is 2. The van der Waals surface area contributed by atoms with Gasteiger partial charge in [-0.25, -0.2) is 4.98 Å². The van der Waals surface area contributed by atoms with Gasteiger partial charge in [0.05, 0.1) is 12.8 Å². The van der Waals surface area contributed by atoms with Crippen molar-refractivity contribution >= 4 is 35.1 Å². The third-order valence-corrected chi connectivity index (χ3v) is 4.65. The SMILES string of the molecule is C=CC(=O)Nc1ccc(C(=O)N2CC[C@H](Nc3ncc(Cl)c(OCC)n3)C2)cc1. The highest BCUT2D eigenvalue weighted by atomic mass is 35.5. The van der Waals surface area contributed by atoms with Crippen LogP contribution >= 0.6 is 11.6 Å². The summed E-state index contributed by atoms with van der Waals surface area (Å²) in [4.78, 5) is 34.3. The van der Waals surface area contributed by atoms with Crippen LogP contribution in [0.3, 0.4) is 0 Å². The number of likely N-dealkylation sites (tertiary alicyclic amines) is 1. The molecule has 0 unspecified atom stereocenters. The van der Waals surface area contributed by atoms with Crippen molar-refractivity contribution in [2.75, 3.05) is 30.3 Å². The summed E-state index contributed by atoms with van der Waals surface area (Å²) >= 11 is 6.01. The molecule has 1 atom stereocenters. The molecule has 1 saturated heterocycles. The Morgan fingerprint density at radius 3 is 2.83 bits per heavy atom. The van der Waals surface area contributed by atoms with E-state index in [1.807, 2.05) is 6.92 Å². The lowest BCUT2D eigenvalue weighted by Crippen LogP contribution is -2.31. The van der Waals surface area contributed by atoms with Gasteiger partial charge < -0.3 is 20.3 Å². The lowest BCUT2D eigenvalue weighted by atomic mass is 10.2. The Hall–Kier alpha value is -3.13. The molecule has 0 saturated carbocycles. The van der Waals surface area contributed by atoms with Gasteiger partial charge in [-0.3, -0.25) is 9.59 Å². The molecule has 1 aromatic heterocycles. The molecule has 1 aliphatic heterocycles. The molecule has 152 valence electrons. The molecule has 1 aromatic carbocycles. The number of carbonyl (C=O) groups is 2. The monoisotopic (exact) mass is 415 g/mol. The van der Waals surface area contributed by atoms with Crippen LogP contribution in [0.25, 0.3) is 0 Å². The van der Waals surface area contributed by atoms with Gasteiger partial charge in [-0.15, -0.1) is 0 Å². The molecule has 29 heavy (non-hydrogen) atoms. The lowest BCUT2D eigenvalue weighted by molar-refractivity contribution is -0.111. The number of hydrogen-bond donors (Lipinski definition) is 2. The summed E-state index contributed by atoms with van der Waals surface area (Å²) in [6.07, 6.45) is 3.46. The van der Waals surface area contributed by atoms with Crippen molar-refractivity contribution in [3.63, 3.8) is 0 Å². The molecule has 2 N–H and O–H groups in total. The molecule has 3 rings (SSSR count). The number of nitrogens with zero attached hydrogens (tertiary/aromatic N) is 3. The zero-order chi connectivity index (χ0) is 20.8. The van der Waals surface area contributed by atoms with Gasteiger partial charge in [0, 0.05) is 30.4 Å². The minimum atomic E-state index is -0.297. The van der Waals surface area contributed by atoms with Gasteiger partial charge in [-0.1, -0.05) is 18.2 Å². The molecule has 1 fully saturated rings. The third kappa shape index (κ3) is 5.23. The Balaban J connectivity index is 1.59. The van der Waals surface area contributed by atoms with Gasteiger partial charge in [-0.05, 0) is 43.7 Å². The quantitative estimate of drug-likeness (QED) is 0.675. The fourth-order valence-electron chi connectivity index (χ4n) is 2.98. The number of anilines is 2. The number of halogens is 1. The number of ether oxygens (including phenoxy) is 1.